The Morgan fingerprint density at radius 3 is 2.71 bits per heavy atom. The van der Waals surface area contributed by atoms with Gasteiger partial charge in [0.2, 0.25) is 5.82 Å². The van der Waals surface area contributed by atoms with Crippen molar-refractivity contribution in [2.24, 2.45) is 5.92 Å². The maximum atomic E-state index is 16.0. The van der Waals surface area contributed by atoms with Gasteiger partial charge in [-0.3, -0.25) is 9.88 Å². The molecule has 5 atom stereocenters. The largest absolute Gasteiger partial charge is 0.479 e. The Hall–Kier alpha value is -2.23. The number of quaternary nitrogens is 1. The van der Waals surface area contributed by atoms with Gasteiger partial charge in [-0.15, -0.1) is 17.8 Å². The average Bonchev–Trinajstić information content (AvgIpc) is 3.26. The first-order valence-electron chi connectivity index (χ1n) is 14.6. The molecular weight excluding hydrogens is 925 g/mol. The zero-order valence-electron chi connectivity index (χ0n) is 24.1. The van der Waals surface area contributed by atoms with Gasteiger partial charge < -0.3 is 15.7 Å². The molecule has 3 saturated heterocycles. The summed E-state index contributed by atoms with van der Waals surface area (Å²) in [5.74, 6) is 0.0607. The monoisotopic (exact) mass is 954 g/mol. The number of halogens is 5. The van der Waals surface area contributed by atoms with Gasteiger partial charge in [0.05, 0.1) is 22.2 Å². The molecule has 2 aromatic carbocycles. The van der Waals surface area contributed by atoms with Crippen LogP contribution in [0.5, 0.6) is 6.01 Å². The number of terminal acetylenes is 1. The molecule has 4 aromatic rings. The van der Waals surface area contributed by atoms with Crippen molar-refractivity contribution in [1.29, 1.82) is 0 Å². The standard InChI is InChI=1S/C25H17F3IN5O.C7H11FN.U/c1-2-12-17-10(7-16(26)18(12)27)6-11(30)8-14(17)21-19(28)22-15(9-31-21)24(33-25(35)32-22)34-5-3-4-13-20(29)23(13)34;8-6-4-7-2-1-3-9(7)5-6;/h1,6-9,13,20,23H,3-5,30H2,(H,32,33,35);6H,1-5H2;/q;-1;/p+1/t13-,20+,23?;6-;/m11./s1. The van der Waals surface area contributed by atoms with Gasteiger partial charge in [0.25, 0.3) is 0 Å². The first-order chi connectivity index (χ1) is 21.2. The third-order valence-corrected chi connectivity index (χ3v) is 10.9. The van der Waals surface area contributed by atoms with Crippen molar-refractivity contribution in [3.63, 3.8) is 0 Å². The molecule has 4 fully saturated rings. The second-order valence-electron chi connectivity index (χ2n) is 11.9. The van der Waals surface area contributed by atoms with Crippen LogP contribution >= 0.6 is 22.6 Å². The molecule has 8 rings (SSSR count). The Balaban J connectivity index is 0.000000306. The molecule has 0 radical (unpaired) electrons. The van der Waals surface area contributed by atoms with Gasteiger partial charge in [0, 0.05) is 59.9 Å². The number of rotatable bonds is 2. The van der Waals surface area contributed by atoms with Crippen molar-refractivity contribution in [2.75, 3.05) is 25.4 Å². The molecule has 1 aliphatic carbocycles. The minimum absolute atomic E-state index is 0. The van der Waals surface area contributed by atoms with Crippen LogP contribution in [-0.4, -0.2) is 60.7 Å². The van der Waals surface area contributed by atoms with Crippen molar-refractivity contribution in [2.45, 2.75) is 48.2 Å². The Kier molecular flexibility index (Phi) is 9.27. The van der Waals surface area contributed by atoms with Crippen LogP contribution < -0.4 is 10.6 Å². The summed E-state index contributed by atoms with van der Waals surface area (Å²) in [6.07, 6.45) is 11.7. The molecule has 2 aromatic heterocycles. The maximum absolute atomic E-state index is 16.0. The molecule has 2 unspecified atom stereocenters. The predicted molar refractivity (Wildman–Crippen MR) is 168 cm³/mol. The molecular formula is C32H29F4IN6OU. The van der Waals surface area contributed by atoms with E-state index in [2.05, 4.69) is 48.4 Å². The van der Waals surface area contributed by atoms with Crippen molar-refractivity contribution in [1.82, 2.24) is 19.9 Å². The number of aromatic hydroxyl groups is 1. The SMILES string of the molecule is C#Cc1c(F)c(F)cc2cc(N)cc(-c3ncc4c([NH+]5CCC[C@H]6C5[C@H]6I)nc(O)nc4c3F)c12.F[C@@H]1C[C-]2CCCN2C1.[U]. The van der Waals surface area contributed by atoms with Gasteiger partial charge in [-0.25, -0.2) is 23.6 Å². The van der Waals surface area contributed by atoms with Crippen LogP contribution in [0.2, 0.25) is 0 Å². The van der Waals surface area contributed by atoms with E-state index in [0.717, 1.165) is 49.7 Å². The Morgan fingerprint density at radius 1 is 1.16 bits per heavy atom. The predicted octanol–water partition coefficient (Wildman–Crippen LogP) is 5.00. The van der Waals surface area contributed by atoms with Crippen molar-refractivity contribution in [3.8, 4) is 29.6 Å². The minimum Gasteiger partial charge on any atom is -0.479 e. The molecule has 4 N–H and O–H groups in total. The quantitative estimate of drug-likeness (QED) is 0.0656. The molecule has 0 bridgehead atoms. The number of benzene rings is 2. The van der Waals surface area contributed by atoms with Crippen molar-refractivity contribution < 1.29 is 58.7 Å². The molecule has 13 heteroatoms. The normalized spacial score (nSPS) is 25.6. The number of hydrogen-bond donors (Lipinski definition) is 3. The number of nitrogen functional groups attached to an aromatic ring is 1. The molecule has 0 spiro atoms. The Morgan fingerprint density at radius 2 is 1.96 bits per heavy atom. The third-order valence-electron chi connectivity index (χ3n) is 9.20. The molecule has 232 valence electrons. The molecule has 3 aliphatic heterocycles. The number of hydrogen-bond acceptors (Lipinski definition) is 6. The summed E-state index contributed by atoms with van der Waals surface area (Å²) in [6, 6.07) is 4.97. The van der Waals surface area contributed by atoms with E-state index in [1.54, 1.807) is 0 Å². The van der Waals surface area contributed by atoms with E-state index in [1.807, 2.05) is 0 Å². The van der Waals surface area contributed by atoms with E-state index in [1.165, 1.54) is 30.8 Å². The van der Waals surface area contributed by atoms with Gasteiger partial charge in [0.1, 0.15) is 22.6 Å². The maximum Gasteiger partial charge on any atom is 0.319 e. The molecule has 4 aliphatic rings. The first kappa shape index (κ1) is 32.7. The summed E-state index contributed by atoms with van der Waals surface area (Å²) in [7, 11) is 0. The van der Waals surface area contributed by atoms with Gasteiger partial charge in [-0.1, -0.05) is 34.9 Å². The number of pyridine rings is 1. The van der Waals surface area contributed by atoms with E-state index < -0.39 is 29.6 Å². The molecule has 0 amide bonds. The summed E-state index contributed by atoms with van der Waals surface area (Å²) < 4.78 is 57.8. The summed E-state index contributed by atoms with van der Waals surface area (Å²) in [5.41, 5.74) is 5.64. The fourth-order valence-corrected chi connectivity index (χ4v) is 8.74. The number of nitrogens with one attached hydrogen (secondary N) is 1. The van der Waals surface area contributed by atoms with Gasteiger partial charge in [0.15, 0.2) is 17.5 Å². The number of nitrogens with two attached hydrogens (primary N) is 1. The minimum atomic E-state index is -1.21. The van der Waals surface area contributed by atoms with Crippen LogP contribution in [0.25, 0.3) is 32.9 Å². The molecule has 45 heavy (non-hydrogen) atoms. The Labute approximate surface area is 294 Å². The number of alkyl halides is 2. The number of fused-ring (bicyclic) bond motifs is 4. The van der Waals surface area contributed by atoms with Crippen LogP contribution in [0.3, 0.4) is 0 Å². The van der Waals surface area contributed by atoms with E-state index in [-0.39, 0.29) is 69.9 Å². The average molecular weight is 955 g/mol. The van der Waals surface area contributed by atoms with Crippen LogP contribution in [0.1, 0.15) is 37.7 Å². The first-order valence-corrected chi connectivity index (χ1v) is 15.9. The van der Waals surface area contributed by atoms with E-state index in [9.17, 15) is 18.3 Å². The van der Waals surface area contributed by atoms with Crippen molar-refractivity contribution >= 4 is 55.8 Å². The molecule has 7 nitrogen and oxygen atoms in total. The number of piperidine rings is 1. The van der Waals surface area contributed by atoms with Crippen LogP contribution in [0.15, 0.2) is 24.4 Å². The fourth-order valence-electron chi connectivity index (χ4n) is 7.20. The molecule has 1 saturated carbocycles. The summed E-state index contributed by atoms with van der Waals surface area (Å²) in [5, 5.41) is 11.0. The van der Waals surface area contributed by atoms with E-state index in [0.29, 0.717) is 33.6 Å². The van der Waals surface area contributed by atoms with Crippen molar-refractivity contribution in [3.05, 3.63) is 53.5 Å². The number of nitrogens with zero attached hydrogens (tertiary/aromatic N) is 4. The van der Waals surface area contributed by atoms with E-state index >= 15 is 4.39 Å². The van der Waals surface area contributed by atoms with Crippen LogP contribution in [0.4, 0.5) is 29.1 Å². The summed E-state index contributed by atoms with van der Waals surface area (Å²) >= 11 is 2.43. The zero-order valence-corrected chi connectivity index (χ0v) is 30.4. The smallest absolute Gasteiger partial charge is 0.319 e. The van der Waals surface area contributed by atoms with Gasteiger partial charge in [-0.05, 0) is 49.5 Å². The summed E-state index contributed by atoms with van der Waals surface area (Å²) in [6.45, 7) is 2.59. The third kappa shape index (κ3) is 5.80. The van der Waals surface area contributed by atoms with Gasteiger partial charge >= 0.3 is 6.01 Å². The second-order valence-corrected chi connectivity index (χ2v) is 13.3. The number of aromatic nitrogens is 3. The Bertz CT molecular complexity index is 1850. The van der Waals surface area contributed by atoms with Crippen LogP contribution in [0, 0.1) is 72.9 Å². The number of anilines is 1. The topological polar surface area (TPSA) is 92.6 Å². The molecule has 5 heterocycles. The summed E-state index contributed by atoms with van der Waals surface area (Å²) in [4.78, 5) is 15.8. The fraction of sp³-hybridized carbons (Fsp3) is 0.375. The van der Waals surface area contributed by atoms with Gasteiger partial charge in [-0.2, -0.15) is 11.4 Å². The van der Waals surface area contributed by atoms with Crippen LogP contribution in [-0.2, 0) is 0 Å². The second kappa shape index (κ2) is 12.8. The zero-order chi connectivity index (χ0) is 30.9. The van der Waals surface area contributed by atoms with E-state index in [4.69, 9.17) is 12.2 Å².